The lowest BCUT2D eigenvalue weighted by atomic mass is 10.2. The second kappa shape index (κ2) is 5.02. The number of nitrogens with two attached hydrogens (primary N) is 1. The SMILES string of the molecule is Nc1c(C(=O)Nc2ccc(F)cc2)nsc1C(=O)[O-]. The van der Waals surface area contributed by atoms with Gasteiger partial charge >= 0.3 is 0 Å². The Balaban J connectivity index is 2.21. The highest BCUT2D eigenvalue weighted by Gasteiger charge is 2.18. The molecule has 0 saturated carbocycles. The van der Waals surface area contributed by atoms with Gasteiger partial charge in [0.2, 0.25) is 0 Å². The Hall–Kier alpha value is -2.48. The van der Waals surface area contributed by atoms with Gasteiger partial charge in [-0.3, -0.25) is 4.79 Å². The standard InChI is InChI=1S/C11H8FN3O3S/c12-5-1-3-6(4-2-5)14-10(16)8-7(13)9(11(17)18)19-15-8/h1-4H,13H2,(H,14,16)(H,17,18)/p-1. The number of amides is 1. The first-order valence-electron chi connectivity index (χ1n) is 5.02. The monoisotopic (exact) mass is 280 g/mol. The molecule has 6 nitrogen and oxygen atoms in total. The lowest BCUT2D eigenvalue weighted by molar-refractivity contribution is -0.254. The summed E-state index contributed by atoms with van der Waals surface area (Å²) in [6.45, 7) is 0. The maximum Gasteiger partial charge on any atom is 0.277 e. The van der Waals surface area contributed by atoms with Gasteiger partial charge in [0, 0.05) is 5.69 Å². The van der Waals surface area contributed by atoms with Crippen molar-refractivity contribution in [3.63, 3.8) is 0 Å². The summed E-state index contributed by atoms with van der Waals surface area (Å²) in [5.74, 6) is -2.60. The molecule has 1 heterocycles. The Bertz CT molecular complexity index is 639. The third-order valence-electron chi connectivity index (χ3n) is 2.23. The predicted octanol–water partition coefficient (Wildman–Crippen LogP) is 0.480. The molecule has 0 aliphatic heterocycles. The van der Waals surface area contributed by atoms with E-state index in [2.05, 4.69) is 9.69 Å². The fraction of sp³-hybridized carbons (Fsp3) is 0. The van der Waals surface area contributed by atoms with Crippen molar-refractivity contribution in [2.24, 2.45) is 0 Å². The number of carboxylic acid groups (broad SMARTS) is 1. The minimum Gasteiger partial charge on any atom is -0.544 e. The third kappa shape index (κ3) is 2.68. The molecule has 0 saturated heterocycles. The van der Waals surface area contributed by atoms with Crippen LogP contribution >= 0.6 is 11.5 Å². The first-order valence-corrected chi connectivity index (χ1v) is 5.80. The Morgan fingerprint density at radius 2 is 1.95 bits per heavy atom. The molecule has 19 heavy (non-hydrogen) atoms. The lowest BCUT2D eigenvalue weighted by Gasteiger charge is -2.04. The number of carbonyl (C=O) groups is 2. The molecule has 0 atom stereocenters. The van der Waals surface area contributed by atoms with Crippen molar-refractivity contribution in [1.82, 2.24) is 4.37 Å². The summed E-state index contributed by atoms with van der Waals surface area (Å²) in [7, 11) is 0. The zero-order valence-electron chi connectivity index (χ0n) is 9.34. The molecule has 0 aliphatic rings. The highest BCUT2D eigenvalue weighted by atomic mass is 32.1. The largest absolute Gasteiger partial charge is 0.544 e. The number of carboxylic acids is 1. The van der Waals surface area contributed by atoms with E-state index in [1.807, 2.05) is 0 Å². The molecule has 1 aromatic heterocycles. The number of nitrogens with zero attached hydrogens (tertiary/aromatic N) is 1. The number of nitrogen functional groups attached to an aromatic ring is 1. The average molecular weight is 280 g/mol. The van der Waals surface area contributed by atoms with E-state index in [1.165, 1.54) is 24.3 Å². The van der Waals surface area contributed by atoms with E-state index in [0.717, 1.165) is 0 Å². The van der Waals surface area contributed by atoms with Crippen LogP contribution in [0.1, 0.15) is 20.2 Å². The smallest absolute Gasteiger partial charge is 0.277 e. The highest BCUT2D eigenvalue weighted by molar-refractivity contribution is 7.08. The van der Waals surface area contributed by atoms with Gasteiger partial charge in [-0.2, -0.15) is 4.37 Å². The van der Waals surface area contributed by atoms with Gasteiger partial charge in [0.15, 0.2) is 5.69 Å². The van der Waals surface area contributed by atoms with Crippen molar-refractivity contribution in [1.29, 1.82) is 0 Å². The fourth-order valence-corrected chi connectivity index (χ4v) is 1.97. The molecular weight excluding hydrogens is 273 g/mol. The van der Waals surface area contributed by atoms with Crippen LogP contribution in [-0.4, -0.2) is 16.3 Å². The fourth-order valence-electron chi connectivity index (χ4n) is 1.33. The maximum absolute atomic E-state index is 12.7. The summed E-state index contributed by atoms with van der Waals surface area (Å²) in [6, 6.07) is 5.06. The van der Waals surface area contributed by atoms with E-state index >= 15 is 0 Å². The zero-order chi connectivity index (χ0) is 14.0. The molecule has 0 unspecified atom stereocenters. The van der Waals surface area contributed by atoms with E-state index in [9.17, 15) is 19.1 Å². The van der Waals surface area contributed by atoms with Crippen LogP contribution in [0.5, 0.6) is 0 Å². The van der Waals surface area contributed by atoms with Crippen LogP contribution in [0.4, 0.5) is 15.8 Å². The summed E-state index contributed by atoms with van der Waals surface area (Å²) in [6.07, 6.45) is 0. The van der Waals surface area contributed by atoms with Crippen molar-refractivity contribution in [3.8, 4) is 0 Å². The van der Waals surface area contributed by atoms with Gasteiger partial charge in [-0.1, -0.05) is 0 Å². The summed E-state index contributed by atoms with van der Waals surface area (Å²) in [5, 5.41) is 13.1. The van der Waals surface area contributed by atoms with Crippen LogP contribution in [0.25, 0.3) is 0 Å². The summed E-state index contributed by atoms with van der Waals surface area (Å²) >= 11 is 0.568. The third-order valence-corrected chi connectivity index (χ3v) is 3.07. The number of aromatic carboxylic acids is 1. The molecule has 1 aromatic carbocycles. The number of hydrogen-bond donors (Lipinski definition) is 2. The van der Waals surface area contributed by atoms with Gasteiger partial charge in [0.1, 0.15) is 5.82 Å². The van der Waals surface area contributed by atoms with Crippen LogP contribution in [0.3, 0.4) is 0 Å². The number of nitrogens with one attached hydrogen (secondary N) is 1. The Morgan fingerprint density at radius 3 is 2.47 bits per heavy atom. The molecule has 8 heteroatoms. The number of rotatable bonds is 3. The Morgan fingerprint density at radius 1 is 1.32 bits per heavy atom. The number of aromatic nitrogens is 1. The van der Waals surface area contributed by atoms with Crippen LogP contribution < -0.4 is 16.2 Å². The summed E-state index contributed by atoms with van der Waals surface area (Å²) in [5.41, 5.74) is 5.38. The molecule has 98 valence electrons. The predicted molar refractivity (Wildman–Crippen MR) is 65.2 cm³/mol. The number of anilines is 2. The number of hydrogen-bond acceptors (Lipinski definition) is 6. The first kappa shape index (κ1) is 13.0. The first-order chi connectivity index (χ1) is 8.99. The normalized spacial score (nSPS) is 10.2. The minimum absolute atomic E-state index is 0.200. The maximum atomic E-state index is 12.7. The molecule has 0 bridgehead atoms. The van der Waals surface area contributed by atoms with Gasteiger partial charge in [0.25, 0.3) is 5.91 Å². The molecule has 2 rings (SSSR count). The molecule has 3 N–H and O–H groups in total. The average Bonchev–Trinajstić information content (AvgIpc) is 2.74. The van der Waals surface area contributed by atoms with Crippen LogP contribution in [0, 0.1) is 5.82 Å². The van der Waals surface area contributed by atoms with Crippen molar-refractivity contribution >= 4 is 34.8 Å². The molecule has 0 aliphatic carbocycles. The van der Waals surface area contributed by atoms with Gasteiger partial charge in [-0.15, -0.1) is 0 Å². The lowest BCUT2D eigenvalue weighted by Crippen LogP contribution is -2.22. The van der Waals surface area contributed by atoms with Crippen molar-refractivity contribution in [2.45, 2.75) is 0 Å². The van der Waals surface area contributed by atoms with Gasteiger partial charge < -0.3 is 21.0 Å². The van der Waals surface area contributed by atoms with Gasteiger partial charge in [0.05, 0.1) is 16.5 Å². The van der Waals surface area contributed by atoms with Crippen molar-refractivity contribution in [2.75, 3.05) is 11.1 Å². The van der Waals surface area contributed by atoms with Crippen LogP contribution in [0.15, 0.2) is 24.3 Å². The van der Waals surface area contributed by atoms with E-state index in [1.54, 1.807) is 0 Å². The summed E-state index contributed by atoms with van der Waals surface area (Å²) < 4.78 is 16.3. The van der Waals surface area contributed by atoms with Gasteiger partial charge in [-0.05, 0) is 35.8 Å². The molecule has 2 aromatic rings. The van der Waals surface area contributed by atoms with Crippen LogP contribution in [-0.2, 0) is 0 Å². The second-order valence-corrected chi connectivity index (χ2v) is 4.30. The van der Waals surface area contributed by atoms with E-state index < -0.39 is 17.7 Å². The minimum atomic E-state index is -1.49. The zero-order valence-corrected chi connectivity index (χ0v) is 10.2. The number of benzene rings is 1. The Kier molecular flexibility index (Phi) is 3.43. The second-order valence-electron chi connectivity index (χ2n) is 3.52. The topological polar surface area (TPSA) is 108 Å². The molecule has 0 fully saturated rings. The molecule has 0 radical (unpaired) electrons. The van der Waals surface area contributed by atoms with Crippen LogP contribution in [0.2, 0.25) is 0 Å². The molecule has 0 spiro atoms. The number of halogens is 1. The quantitative estimate of drug-likeness (QED) is 0.850. The summed E-state index contributed by atoms with van der Waals surface area (Å²) in [4.78, 5) is 22.2. The van der Waals surface area contributed by atoms with E-state index in [-0.39, 0.29) is 16.3 Å². The highest BCUT2D eigenvalue weighted by Crippen LogP contribution is 2.22. The number of carbonyl (C=O) groups excluding carboxylic acids is 2. The van der Waals surface area contributed by atoms with E-state index in [4.69, 9.17) is 5.73 Å². The van der Waals surface area contributed by atoms with E-state index in [0.29, 0.717) is 17.2 Å². The van der Waals surface area contributed by atoms with Crippen molar-refractivity contribution in [3.05, 3.63) is 40.7 Å². The van der Waals surface area contributed by atoms with Gasteiger partial charge in [-0.25, -0.2) is 4.39 Å². The van der Waals surface area contributed by atoms with Crippen molar-refractivity contribution < 1.29 is 19.1 Å². The Labute approximate surface area is 110 Å². The molecule has 1 amide bonds. The molecular formula is C11H7FN3O3S-.